The summed E-state index contributed by atoms with van der Waals surface area (Å²) in [5, 5.41) is 3.33. The van der Waals surface area contributed by atoms with Gasteiger partial charge >= 0.3 is 0 Å². The third kappa shape index (κ3) is 1.17. The Hall–Kier alpha value is -0.120. The van der Waals surface area contributed by atoms with Gasteiger partial charge in [0.05, 0.1) is 13.2 Å². The topological polar surface area (TPSA) is 30.5 Å². The lowest BCUT2D eigenvalue weighted by Crippen LogP contribution is -2.17. The normalized spacial score (nSPS) is 40.8. The van der Waals surface area contributed by atoms with E-state index in [1.807, 2.05) is 0 Å². The van der Waals surface area contributed by atoms with Crippen molar-refractivity contribution in [3.8, 4) is 0 Å². The molecule has 0 aromatic heterocycles. The zero-order valence-corrected chi connectivity index (χ0v) is 6.01. The average Bonchev–Trinajstić information content (AvgIpc) is 2.28. The summed E-state index contributed by atoms with van der Waals surface area (Å²) in [6.07, 6.45) is 0. The highest BCUT2D eigenvalue weighted by Gasteiger charge is 2.28. The van der Waals surface area contributed by atoms with Crippen LogP contribution in [-0.4, -0.2) is 33.1 Å². The van der Waals surface area contributed by atoms with Crippen LogP contribution in [0.4, 0.5) is 0 Å². The van der Waals surface area contributed by atoms with Crippen molar-refractivity contribution in [2.75, 3.05) is 33.1 Å². The molecular weight excluding hydrogens is 130 g/mol. The van der Waals surface area contributed by atoms with Crippen LogP contribution in [0.1, 0.15) is 0 Å². The van der Waals surface area contributed by atoms with Crippen LogP contribution in [0, 0.1) is 11.8 Å². The second-order valence-corrected chi connectivity index (χ2v) is 3.04. The Morgan fingerprint density at radius 1 is 1.00 bits per heavy atom. The monoisotopic (exact) mass is 143 g/mol. The fourth-order valence-corrected chi connectivity index (χ4v) is 1.64. The number of ether oxygens (including phenoxy) is 2. The highest BCUT2D eigenvalue weighted by Crippen LogP contribution is 2.19. The summed E-state index contributed by atoms with van der Waals surface area (Å²) < 4.78 is 10.5. The summed E-state index contributed by atoms with van der Waals surface area (Å²) >= 11 is 0. The van der Waals surface area contributed by atoms with Gasteiger partial charge in [0.1, 0.15) is 6.79 Å². The molecule has 2 aliphatic rings. The average molecular weight is 143 g/mol. The maximum absolute atomic E-state index is 5.25. The lowest BCUT2D eigenvalue weighted by molar-refractivity contribution is -0.0383. The fourth-order valence-electron chi connectivity index (χ4n) is 1.64. The summed E-state index contributed by atoms with van der Waals surface area (Å²) in [7, 11) is 0. The van der Waals surface area contributed by atoms with Gasteiger partial charge < -0.3 is 14.8 Å². The standard InChI is InChI=1S/C7H13NO2/c1-6-3-9-5-10-4-7(6)2-8-1/h6-8H,1-5H2/t6-,7-/m0/s1. The zero-order chi connectivity index (χ0) is 6.81. The molecule has 2 saturated heterocycles. The van der Waals surface area contributed by atoms with Gasteiger partial charge in [-0.3, -0.25) is 0 Å². The minimum Gasteiger partial charge on any atom is -0.355 e. The molecule has 0 aromatic rings. The largest absolute Gasteiger partial charge is 0.355 e. The van der Waals surface area contributed by atoms with Gasteiger partial charge in [0.25, 0.3) is 0 Å². The predicted octanol–water partition coefficient (Wildman–Crippen LogP) is -0.174. The first-order valence-electron chi connectivity index (χ1n) is 3.83. The molecule has 1 N–H and O–H groups in total. The van der Waals surface area contributed by atoms with E-state index >= 15 is 0 Å². The number of nitrogens with one attached hydrogen (secondary N) is 1. The van der Waals surface area contributed by atoms with Crippen LogP contribution in [0.2, 0.25) is 0 Å². The van der Waals surface area contributed by atoms with Crippen LogP contribution in [-0.2, 0) is 9.47 Å². The van der Waals surface area contributed by atoms with Crippen molar-refractivity contribution in [2.45, 2.75) is 0 Å². The second-order valence-electron chi connectivity index (χ2n) is 3.04. The van der Waals surface area contributed by atoms with Crippen LogP contribution >= 0.6 is 0 Å². The molecule has 3 heteroatoms. The molecule has 2 rings (SSSR count). The number of hydrogen-bond donors (Lipinski definition) is 1. The molecule has 2 heterocycles. The van der Waals surface area contributed by atoms with Crippen molar-refractivity contribution in [1.82, 2.24) is 5.32 Å². The molecule has 0 aromatic carbocycles. The Morgan fingerprint density at radius 3 is 2.20 bits per heavy atom. The first-order valence-corrected chi connectivity index (χ1v) is 3.83. The van der Waals surface area contributed by atoms with Crippen molar-refractivity contribution >= 4 is 0 Å². The van der Waals surface area contributed by atoms with E-state index < -0.39 is 0 Å². The first kappa shape index (κ1) is 6.58. The Bertz CT molecular complexity index is 106. The van der Waals surface area contributed by atoms with Crippen LogP contribution in [0.5, 0.6) is 0 Å². The van der Waals surface area contributed by atoms with E-state index in [0.29, 0.717) is 18.6 Å². The second kappa shape index (κ2) is 2.86. The maximum Gasteiger partial charge on any atom is 0.146 e. The number of rotatable bonds is 0. The van der Waals surface area contributed by atoms with Gasteiger partial charge in [-0.25, -0.2) is 0 Å². The molecule has 0 saturated carbocycles. The predicted molar refractivity (Wildman–Crippen MR) is 36.6 cm³/mol. The molecule has 2 aliphatic heterocycles. The zero-order valence-electron chi connectivity index (χ0n) is 6.01. The van der Waals surface area contributed by atoms with Crippen molar-refractivity contribution < 1.29 is 9.47 Å². The SMILES string of the molecule is C1OC[C@@H]2CNC[C@H]2CO1. The fraction of sp³-hybridized carbons (Fsp3) is 1.00. The Morgan fingerprint density at radius 2 is 1.60 bits per heavy atom. The molecule has 2 fully saturated rings. The molecule has 0 amide bonds. The Balaban J connectivity index is 1.95. The lowest BCUT2D eigenvalue weighted by atomic mass is 9.98. The number of hydrogen-bond acceptors (Lipinski definition) is 3. The molecule has 2 atom stereocenters. The maximum atomic E-state index is 5.25. The molecule has 0 aliphatic carbocycles. The van der Waals surface area contributed by atoms with Crippen LogP contribution in [0.25, 0.3) is 0 Å². The van der Waals surface area contributed by atoms with E-state index in [1.165, 1.54) is 0 Å². The Labute approximate surface area is 60.7 Å². The van der Waals surface area contributed by atoms with E-state index in [1.54, 1.807) is 0 Å². The molecule has 0 bridgehead atoms. The molecule has 58 valence electrons. The van der Waals surface area contributed by atoms with Gasteiger partial charge in [-0.15, -0.1) is 0 Å². The summed E-state index contributed by atoms with van der Waals surface area (Å²) in [6.45, 7) is 4.45. The van der Waals surface area contributed by atoms with Gasteiger partial charge in [0.2, 0.25) is 0 Å². The van der Waals surface area contributed by atoms with Gasteiger partial charge in [-0.1, -0.05) is 0 Å². The van der Waals surface area contributed by atoms with Crippen LogP contribution < -0.4 is 5.32 Å². The van der Waals surface area contributed by atoms with Crippen molar-refractivity contribution in [2.24, 2.45) is 11.8 Å². The van der Waals surface area contributed by atoms with Gasteiger partial charge in [0.15, 0.2) is 0 Å². The van der Waals surface area contributed by atoms with E-state index in [-0.39, 0.29) is 0 Å². The minimum atomic E-state index is 0.493. The highest BCUT2D eigenvalue weighted by molar-refractivity contribution is 4.81. The summed E-state index contributed by atoms with van der Waals surface area (Å²) in [5.41, 5.74) is 0. The van der Waals surface area contributed by atoms with Gasteiger partial charge in [0, 0.05) is 24.9 Å². The first-order chi connectivity index (χ1) is 4.97. The highest BCUT2D eigenvalue weighted by atomic mass is 16.7. The summed E-state index contributed by atoms with van der Waals surface area (Å²) in [4.78, 5) is 0. The molecular formula is C7H13NO2. The molecule has 10 heavy (non-hydrogen) atoms. The quantitative estimate of drug-likeness (QED) is 0.510. The van der Waals surface area contributed by atoms with E-state index in [4.69, 9.17) is 9.47 Å². The van der Waals surface area contributed by atoms with Crippen molar-refractivity contribution in [3.63, 3.8) is 0 Å². The molecule has 3 nitrogen and oxygen atoms in total. The number of fused-ring (bicyclic) bond motifs is 1. The van der Waals surface area contributed by atoms with Gasteiger partial charge in [-0.2, -0.15) is 0 Å². The molecule has 0 radical (unpaired) electrons. The van der Waals surface area contributed by atoms with Crippen molar-refractivity contribution in [1.29, 1.82) is 0 Å². The van der Waals surface area contributed by atoms with Gasteiger partial charge in [-0.05, 0) is 0 Å². The molecule has 0 unspecified atom stereocenters. The Kier molecular flexibility index (Phi) is 1.88. The van der Waals surface area contributed by atoms with Crippen LogP contribution in [0.15, 0.2) is 0 Å². The summed E-state index contributed by atoms with van der Waals surface area (Å²) in [6, 6.07) is 0. The molecule has 0 spiro atoms. The smallest absolute Gasteiger partial charge is 0.146 e. The van der Waals surface area contributed by atoms with Crippen molar-refractivity contribution in [3.05, 3.63) is 0 Å². The van der Waals surface area contributed by atoms with Crippen LogP contribution in [0.3, 0.4) is 0 Å². The lowest BCUT2D eigenvalue weighted by Gasteiger charge is -2.10. The summed E-state index contributed by atoms with van der Waals surface area (Å²) in [5.74, 6) is 1.39. The van der Waals surface area contributed by atoms with E-state index in [2.05, 4.69) is 5.32 Å². The third-order valence-corrected chi connectivity index (χ3v) is 2.31. The third-order valence-electron chi connectivity index (χ3n) is 2.31. The minimum absolute atomic E-state index is 0.493. The van der Waals surface area contributed by atoms with E-state index in [0.717, 1.165) is 26.3 Å². The van der Waals surface area contributed by atoms with E-state index in [9.17, 15) is 0 Å².